The van der Waals surface area contributed by atoms with E-state index in [4.69, 9.17) is 10.3 Å². The van der Waals surface area contributed by atoms with Crippen molar-refractivity contribution in [3.63, 3.8) is 0 Å². The zero-order valence-electron chi connectivity index (χ0n) is 17.4. The van der Waals surface area contributed by atoms with E-state index in [1.54, 1.807) is 12.1 Å². The number of amides is 1. The molecule has 0 spiro atoms. The molecule has 2 aromatic carbocycles. The van der Waals surface area contributed by atoms with Gasteiger partial charge in [-0.3, -0.25) is 14.6 Å². The van der Waals surface area contributed by atoms with Crippen LogP contribution in [0.2, 0.25) is 0 Å². The first kappa shape index (κ1) is 20.3. The third-order valence-corrected chi connectivity index (χ3v) is 5.71. The number of hydrogen-bond donors (Lipinski definition) is 1. The van der Waals surface area contributed by atoms with Crippen LogP contribution in [0.1, 0.15) is 40.3 Å². The molecule has 1 aromatic heterocycles. The van der Waals surface area contributed by atoms with E-state index in [9.17, 15) is 4.79 Å². The quantitative estimate of drug-likeness (QED) is 0.678. The molecule has 0 radical (unpaired) electrons. The molecule has 0 aliphatic carbocycles. The number of carbonyl (C=O) groups is 1. The topological polar surface area (TPSA) is 88.5 Å². The summed E-state index contributed by atoms with van der Waals surface area (Å²) in [6.07, 6.45) is 0. The Labute approximate surface area is 176 Å². The largest absolute Gasteiger partial charge is 0.366 e. The lowest BCUT2D eigenvalue weighted by Crippen LogP contribution is -2.46. The summed E-state index contributed by atoms with van der Waals surface area (Å²) in [5.74, 6) is 0.895. The van der Waals surface area contributed by atoms with Crippen molar-refractivity contribution < 1.29 is 9.32 Å². The number of benzene rings is 2. The number of carbonyl (C=O) groups excluding carboxylic acids is 1. The summed E-state index contributed by atoms with van der Waals surface area (Å²) in [5, 5.41) is 4.17. The van der Waals surface area contributed by atoms with Gasteiger partial charge in [0.15, 0.2) is 0 Å². The Morgan fingerprint density at radius 3 is 2.37 bits per heavy atom. The molecule has 4 rings (SSSR count). The summed E-state index contributed by atoms with van der Waals surface area (Å²) in [6.45, 7) is 8.82. The summed E-state index contributed by atoms with van der Waals surface area (Å²) in [4.78, 5) is 20.6. The summed E-state index contributed by atoms with van der Waals surface area (Å²) in [6, 6.07) is 15.7. The van der Waals surface area contributed by atoms with Crippen molar-refractivity contribution in [2.45, 2.75) is 26.4 Å². The molecule has 1 atom stereocenters. The van der Waals surface area contributed by atoms with E-state index in [0.29, 0.717) is 17.3 Å². The maximum absolute atomic E-state index is 11.2. The molecule has 0 bridgehead atoms. The highest BCUT2D eigenvalue weighted by Crippen LogP contribution is 2.24. The van der Waals surface area contributed by atoms with E-state index in [2.05, 4.69) is 45.9 Å². The molecule has 1 aliphatic rings. The van der Waals surface area contributed by atoms with Gasteiger partial charge < -0.3 is 10.3 Å². The second-order valence-corrected chi connectivity index (χ2v) is 7.87. The first-order valence-electron chi connectivity index (χ1n) is 10.3. The Balaban J connectivity index is 1.32. The highest BCUT2D eigenvalue weighted by molar-refractivity contribution is 5.92. The van der Waals surface area contributed by atoms with E-state index >= 15 is 0 Å². The molecule has 1 fully saturated rings. The molecular weight excluding hydrogens is 378 g/mol. The van der Waals surface area contributed by atoms with Crippen molar-refractivity contribution in [1.29, 1.82) is 0 Å². The number of primary amides is 1. The average molecular weight is 406 g/mol. The zero-order chi connectivity index (χ0) is 21.1. The van der Waals surface area contributed by atoms with Crippen LogP contribution < -0.4 is 5.73 Å². The molecule has 7 nitrogen and oxygen atoms in total. The molecule has 1 unspecified atom stereocenters. The summed E-state index contributed by atoms with van der Waals surface area (Å²) in [7, 11) is 0. The molecule has 30 heavy (non-hydrogen) atoms. The number of nitrogens with two attached hydrogens (primary N) is 1. The third kappa shape index (κ3) is 4.58. The lowest BCUT2D eigenvalue weighted by molar-refractivity contribution is 0.0845. The Morgan fingerprint density at radius 2 is 1.73 bits per heavy atom. The van der Waals surface area contributed by atoms with Crippen molar-refractivity contribution in [3.8, 4) is 11.4 Å². The zero-order valence-corrected chi connectivity index (χ0v) is 17.4. The van der Waals surface area contributed by atoms with Crippen LogP contribution in [0.4, 0.5) is 0 Å². The van der Waals surface area contributed by atoms with E-state index in [1.165, 1.54) is 11.1 Å². The summed E-state index contributed by atoms with van der Waals surface area (Å²) >= 11 is 0. The van der Waals surface area contributed by atoms with Crippen LogP contribution in [0.15, 0.2) is 53.1 Å². The van der Waals surface area contributed by atoms with E-state index < -0.39 is 5.91 Å². The van der Waals surface area contributed by atoms with Crippen molar-refractivity contribution in [2.24, 2.45) is 5.73 Å². The van der Waals surface area contributed by atoms with Gasteiger partial charge in [0.2, 0.25) is 17.6 Å². The minimum atomic E-state index is -0.393. The predicted molar refractivity (Wildman–Crippen MR) is 115 cm³/mol. The molecule has 1 amide bonds. The number of aromatic nitrogens is 2. The van der Waals surface area contributed by atoms with E-state index in [0.717, 1.165) is 38.3 Å². The van der Waals surface area contributed by atoms with Crippen molar-refractivity contribution in [2.75, 3.05) is 26.2 Å². The fourth-order valence-electron chi connectivity index (χ4n) is 3.72. The van der Waals surface area contributed by atoms with Gasteiger partial charge >= 0.3 is 0 Å². The lowest BCUT2D eigenvalue weighted by Gasteiger charge is -2.36. The number of nitrogens with zero attached hydrogens (tertiary/aromatic N) is 4. The van der Waals surface area contributed by atoms with Gasteiger partial charge in [-0.25, -0.2) is 0 Å². The SMILES string of the molecule is Cc1ccc(-c2noc(C(C)N3CCN(Cc4ccc(C(N)=O)cc4)CC3)n2)cc1. The van der Waals surface area contributed by atoms with Crippen LogP contribution >= 0.6 is 0 Å². The molecule has 1 saturated heterocycles. The third-order valence-electron chi connectivity index (χ3n) is 5.71. The molecule has 3 aromatic rings. The maximum Gasteiger partial charge on any atom is 0.248 e. The van der Waals surface area contributed by atoms with Crippen LogP contribution in [0.25, 0.3) is 11.4 Å². The normalized spacial score (nSPS) is 16.5. The van der Waals surface area contributed by atoms with Crippen molar-refractivity contribution in [3.05, 3.63) is 71.1 Å². The van der Waals surface area contributed by atoms with Crippen LogP contribution in [-0.4, -0.2) is 52.0 Å². The first-order valence-corrected chi connectivity index (χ1v) is 10.3. The fourth-order valence-corrected chi connectivity index (χ4v) is 3.72. The molecule has 2 N–H and O–H groups in total. The van der Waals surface area contributed by atoms with E-state index in [1.807, 2.05) is 24.3 Å². The monoisotopic (exact) mass is 405 g/mol. The second-order valence-electron chi connectivity index (χ2n) is 7.87. The first-order chi connectivity index (χ1) is 14.5. The Kier molecular flexibility index (Phi) is 5.92. The van der Waals surface area contributed by atoms with Gasteiger partial charge in [0, 0.05) is 43.9 Å². The number of piperazine rings is 1. The fraction of sp³-hybridized carbons (Fsp3) is 0.348. The van der Waals surface area contributed by atoms with Gasteiger partial charge in [-0.2, -0.15) is 4.98 Å². The van der Waals surface area contributed by atoms with Crippen LogP contribution in [0, 0.1) is 6.92 Å². The minimum Gasteiger partial charge on any atom is -0.366 e. The van der Waals surface area contributed by atoms with Gasteiger partial charge in [0.25, 0.3) is 0 Å². The molecular formula is C23H27N5O2. The highest BCUT2D eigenvalue weighted by Gasteiger charge is 2.26. The van der Waals surface area contributed by atoms with E-state index in [-0.39, 0.29) is 6.04 Å². The van der Waals surface area contributed by atoms with Crippen LogP contribution in [0.5, 0.6) is 0 Å². The van der Waals surface area contributed by atoms with Gasteiger partial charge in [-0.15, -0.1) is 0 Å². The minimum absolute atomic E-state index is 0.0775. The van der Waals surface area contributed by atoms with Gasteiger partial charge in [0.1, 0.15) is 0 Å². The number of rotatable bonds is 6. The van der Waals surface area contributed by atoms with Crippen LogP contribution in [-0.2, 0) is 6.54 Å². The van der Waals surface area contributed by atoms with Gasteiger partial charge in [-0.1, -0.05) is 47.1 Å². The molecule has 0 saturated carbocycles. The Bertz CT molecular complexity index is 989. The molecule has 1 aliphatic heterocycles. The lowest BCUT2D eigenvalue weighted by atomic mass is 10.1. The van der Waals surface area contributed by atoms with Crippen molar-refractivity contribution in [1.82, 2.24) is 19.9 Å². The van der Waals surface area contributed by atoms with Crippen LogP contribution in [0.3, 0.4) is 0 Å². The predicted octanol–water partition coefficient (Wildman–Crippen LogP) is 3.02. The standard InChI is InChI=1S/C23H27N5O2/c1-16-3-7-20(8-4-16)22-25-23(30-26-22)17(2)28-13-11-27(12-14-28)15-18-5-9-19(10-6-18)21(24)29/h3-10,17H,11-15H2,1-2H3,(H2,24,29). The van der Waals surface area contributed by atoms with Gasteiger partial charge in [-0.05, 0) is 31.5 Å². The maximum atomic E-state index is 11.2. The van der Waals surface area contributed by atoms with Crippen molar-refractivity contribution >= 4 is 5.91 Å². The Hall–Kier alpha value is -3.03. The second kappa shape index (κ2) is 8.77. The smallest absolute Gasteiger partial charge is 0.248 e. The molecule has 7 heteroatoms. The molecule has 156 valence electrons. The number of aryl methyl sites for hydroxylation is 1. The Morgan fingerprint density at radius 1 is 1.07 bits per heavy atom. The average Bonchev–Trinajstić information content (AvgIpc) is 3.25. The highest BCUT2D eigenvalue weighted by atomic mass is 16.5. The van der Waals surface area contributed by atoms with Gasteiger partial charge in [0.05, 0.1) is 6.04 Å². The molecule has 2 heterocycles. The summed E-state index contributed by atoms with van der Waals surface area (Å²) < 4.78 is 5.56. The number of hydrogen-bond acceptors (Lipinski definition) is 6. The summed E-state index contributed by atoms with van der Waals surface area (Å²) in [5.41, 5.74) is 9.21.